The lowest BCUT2D eigenvalue weighted by Gasteiger charge is -2.33. The van der Waals surface area contributed by atoms with Crippen LogP contribution in [-0.2, 0) is 9.09 Å². The van der Waals surface area contributed by atoms with E-state index < -0.39 is 7.37 Å². The van der Waals surface area contributed by atoms with Gasteiger partial charge in [0.1, 0.15) is 17.4 Å². The Morgan fingerprint density at radius 1 is 1.26 bits per heavy atom. The molecule has 0 amide bonds. The van der Waals surface area contributed by atoms with Crippen molar-refractivity contribution in [3.8, 4) is 0 Å². The van der Waals surface area contributed by atoms with Gasteiger partial charge in [-0.3, -0.25) is 9.46 Å². The fraction of sp³-hybridized carbons (Fsp3) is 0.400. The highest BCUT2D eigenvalue weighted by atomic mass is 35.5. The average Bonchev–Trinajstić information content (AvgIpc) is 2.75. The first-order valence-corrected chi connectivity index (χ1v) is 12.7. The molecule has 1 aliphatic rings. The Bertz CT molecular complexity index is 1110. The van der Waals surface area contributed by atoms with Gasteiger partial charge in [-0.05, 0) is 31.0 Å². The maximum absolute atomic E-state index is 12.2. The second-order valence-corrected chi connectivity index (χ2v) is 10.8. The zero-order chi connectivity index (χ0) is 21.8. The number of nitrogens with one attached hydrogen (secondary N) is 2. The van der Waals surface area contributed by atoms with Crippen molar-refractivity contribution in [3.05, 3.63) is 41.8 Å². The molecule has 0 saturated carbocycles. The Labute approximate surface area is 186 Å². The summed E-state index contributed by atoms with van der Waals surface area (Å²) in [5.74, 6) is 1.12. The second kappa shape index (κ2) is 9.44. The molecule has 3 aromatic rings. The number of rotatable bonds is 7. The van der Waals surface area contributed by atoms with Crippen LogP contribution in [0.15, 0.2) is 36.8 Å². The third-order valence-electron chi connectivity index (χ3n) is 5.23. The van der Waals surface area contributed by atoms with Crippen molar-refractivity contribution in [2.75, 3.05) is 43.8 Å². The molecule has 1 saturated heterocycles. The highest BCUT2D eigenvalue weighted by Crippen LogP contribution is 2.42. The van der Waals surface area contributed by atoms with Gasteiger partial charge in [0, 0.05) is 43.6 Å². The number of nitrogens with zero attached hydrogens (tertiary/aromatic N) is 5. The van der Waals surface area contributed by atoms with Crippen LogP contribution < -0.4 is 10.6 Å². The first kappa shape index (κ1) is 21.9. The number of anilines is 3. The fourth-order valence-electron chi connectivity index (χ4n) is 3.54. The molecule has 9 nitrogen and oxygen atoms in total. The van der Waals surface area contributed by atoms with Crippen molar-refractivity contribution < 1.29 is 9.09 Å². The molecule has 164 valence electrons. The summed E-state index contributed by atoms with van der Waals surface area (Å²) in [6, 6.07) is 7.65. The van der Waals surface area contributed by atoms with Crippen molar-refractivity contribution >= 4 is 47.5 Å². The van der Waals surface area contributed by atoms with Gasteiger partial charge in [-0.25, -0.2) is 19.9 Å². The van der Waals surface area contributed by atoms with Crippen LogP contribution in [0.1, 0.15) is 12.8 Å². The van der Waals surface area contributed by atoms with Crippen molar-refractivity contribution in [2.45, 2.75) is 18.9 Å². The van der Waals surface area contributed by atoms with E-state index in [1.807, 2.05) is 24.3 Å². The minimum absolute atomic E-state index is 0.237. The number of likely N-dealkylation sites (tertiary alicyclic amines) is 1. The maximum atomic E-state index is 12.2. The smallest absolute Gasteiger partial charge is 0.223 e. The number of halogens is 1. The van der Waals surface area contributed by atoms with Crippen molar-refractivity contribution in [1.29, 1.82) is 0 Å². The van der Waals surface area contributed by atoms with E-state index in [2.05, 4.69) is 35.5 Å². The molecular formula is C20H25ClN7O2P. The van der Waals surface area contributed by atoms with Gasteiger partial charge in [-0.15, -0.1) is 0 Å². The van der Waals surface area contributed by atoms with E-state index in [9.17, 15) is 4.57 Å². The van der Waals surface area contributed by atoms with E-state index in [-0.39, 0.29) is 6.04 Å². The number of benzene rings is 1. The molecular weight excluding hydrogens is 437 g/mol. The Morgan fingerprint density at radius 3 is 2.81 bits per heavy atom. The molecule has 0 radical (unpaired) electrons. The number of piperidine rings is 1. The number of aromatic nitrogens is 4. The van der Waals surface area contributed by atoms with Crippen LogP contribution in [0.25, 0.3) is 11.0 Å². The average molecular weight is 462 g/mol. The first-order chi connectivity index (χ1) is 14.9. The molecule has 1 fully saturated rings. The summed E-state index contributed by atoms with van der Waals surface area (Å²) in [4.78, 5) is 19.9. The number of hydrogen-bond acceptors (Lipinski definition) is 9. The topological polar surface area (TPSA) is 105 Å². The highest BCUT2D eigenvalue weighted by Gasteiger charge is 2.25. The Morgan fingerprint density at radius 2 is 2.06 bits per heavy atom. The van der Waals surface area contributed by atoms with Gasteiger partial charge >= 0.3 is 0 Å². The van der Waals surface area contributed by atoms with Crippen LogP contribution in [-0.4, -0.2) is 64.0 Å². The zero-order valence-electron chi connectivity index (χ0n) is 17.5. The summed E-state index contributed by atoms with van der Waals surface area (Å²) in [7, 11) is -1.04. The maximum Gasteiger partial charge on any atom is 0.223 e. The van der Waals surface area contributed by atoms with E-state index >= 15 is 0 Å². The van der Waals surface area contributed by atoms with Crippen molar-refractivity contribution in [3.63, 3.8) is 0 Å². The molecule has 31 heavy (non-hydrogen) atoms. The van der Waals surface area contributed by atoms with Crippen LogP contribution in [0, 0.1) is 0 Å². The zero-order valence-corrected chi connectivity index (χ0v) is 19.1. The molecule has 1 unspecified atom stereocenters. The fourth-order valence-corrected chi connectivity index (χ4v) is 4.86. The molecule has 3 heterocycles. The monoisotopic (exact) mass is 461 g/mol. The third-order valence-corrected chi connectivity index (χ3v) is 7.15. The van der Waals surface area contributed by atoms with Gasteiger partial charge in [-0.1, -0.05) is 17.7 Å². The predicted molar refractivity (Wildman–Crippen MR) is 123 cm³/mol. The van der Waals surface area contributed by atoms with Crippen LogP contribution in [0.3, 0.4) is 0 Å². The van der Waals surface area contributed by atoms with Crippen LogP contribution in [0.5, 0.6) is 0 Å². The normalized spacial score (nSPS) is 17.4. The lowest BCUT2D eigenvalue weighted by atomic mass is 10.1. The van der Waals surface area contributed by atoms with Gasteiger partial charge in [-0.2, -0.15) is 0 Å². The van der Waals surface area contributed by atoms with E-state index in [1.54, 1.807) is 12.9 Å². The van der Waals surface area contributed by atoms with Crippen LogP contribution in [0.4, 0.5) is 17.5 Å². The highest BCUT2D eigenvalue weighted by molar-refractivity contribution is 7.58. The van der Waals surface area contributed by atoms with Crippen LogP contribution >= 0.6 is 19.0 Å². The summed E-state index contributed by atoms with van der Waals surface area (Å²) < 4.78 is 17.3. The van der Waals surface area contributed by atoms with Gasteiger partial charge in [0.15, 0.2) is 5.82 Å². The Balaban J connectivity index is 1.45. The Hall–Kier alpha value is -2.32. The van der Waals surface area contributed by atoms with E-state index in [4.69, 9.17) is 16.1 Å². The summed E-state index contributed by atoms with van der Waals surface area (Å²) in [5, 5.41) is 7.31. The van der Waals surface area contributed by atoms with E-state index in [0.717, 1.165) is 31.6 Å². The van der Waals surface area contributed by atoms with Crippen LogP contribution in [0.2, 0.25) is 5.02 Å². The molecule has 0 spiro atoms. The largest absolute Gasteiger partial charge is 0.351 e. The van der Waals surface area contributed by atoms with Gasteiger partial charge in [0.2, 0.25) is 13.3 Å². The van der Waals surface area contributed by atoms with E-state index in [1.165, 1.54) is 13.4 Å². The molecule has 4 rings (SSSR count). The molecule has 0 bridgehead atoms. The molecule has 1 aromatic carbocycles. The quantitative estimate of drug-likeness (QED) is 0.500. The second-order valence-electron chi connectivity index (χ2n) is 7.66. The summed E-state index contributed by atoms with van der Waals surface area (Å²) in [6.07, 6.45) is 5.47. The van der Waals surface area contributed by atoms with Crippen molar-refractivity contribution in [2.24, 2.45) is 0 Å². The Kier molecular flexibility index (Phi) is 6.67. The molecule has 1 aliphatic heterocycles. The molecule has 0 aliphatic carbocycles. The first-order valence-electron chi connectivity index (χ1n) is 10.0. The van der Waals surface area contributed by atoms with Gasteiger partial charge < -0.3 is 15.2 Å². The number of hydrogen-bond donors (Lipinski definition) is 2. The predicted octanol–water partition coefficient (Wildman–Crippen LogP) is 4.20. The van der Waals surface area contributed by atoms with Crippen molar-refractivity contribution in [1.82, 2.24) is 24.8 Å². The minimum atomic E-state index is -2.54. The lowest BCUT2D eigenvalue weighted by molar-refractivity contribution is 0.238. The lowest BCUT2D eigenvalue weighted by Crippen LogP contribution is -2.39. The standard InChI is InChI=1S/C20H25ClN7O2P/c1-30-31(2,29)13-28-8-6-15(7-9-28)26-20-22-11-17-18(27-20)19(24-12-23-17)25-16-5-3-4-14(21)10-16/h3-5,10-12,15H,6-9,13H2,1-2H3,(H,22,26,27)(H,23,24,25). The summed E-state index contributed by atoms with van der Waals surface area (Å²) in [5.41, 5.74) is 2.10. The minimum Gasteiger partial charge on any atom is -0.351 e. The molecule has 2 aromatic heterocycles. The number of fused-ring (bicyclic) bond motifs is 1. The van der Waals surface area contributed by atoms with E-state index in [0.29, 0.717) is 34.1 Å². The molecule has 11 heteroatoms. The van der Waals surface area contributed by atoms with Gasteiger partial charge in [0.25, 0.3) is 0 Å². The summed E-state index contributed by atoms with van der Waals surface area (Å²) in [6.45, 7) is 3.37. The summed E-state index contributed by atoms with van der Waals surface area (Å²) >= 11 is 6.08. The third kappa shape index (κ3) is 5.68. The molecule has 1 atom stereocenters. The van der Waals surface area contributed by atoms with Gasteiger partial charge in [0.05, 0.1) is 12.5 Å². The molecule has 2 N–H and O–H groups in total. The SMILES string of the molecule is COP(C)(=O)CN1CCC(Nc2ncc3ncnc(Nc4cccc(Cl)c4)c3n2)CC1.